The molecule has 0 unspecified atom stereocenters. The predicted octanol–water partition coefficient (Wildman–Crippen LogP) is 5.47. The standard InChI is InChI=1S/C19H15N3OS2/c1-11-15(10-23)24-14-9-5-8-13(16(11)14)17-18(20)22-19(25-17)21-12-6-3-2-4-7-12/h2-10H,20H2,1H3,(H,21,22). The molecular formula is C19H15N3OS2. The molecule has 4 nitrogen and oxygen atoms in total. The van der Waals surface area contributed by atoms with Crippen molar-refractivity contribution in [3.05, 3.63) is 59.0 Å². The first-order valence-corrected chi connectivity index (χ1v) is 9.36. The van der Waals surface area contributed by atoms with Crippen LogP contribution in [0, 0.1) is 6.92 Å². The number of rotatable bonds is 4. The molecule has 0 aliphatic heterocycles. The minimum atomic E-state index is 0.495. The maximum atomic E-state index is 11.3. The third-order valence-corrected chi connectivity index (χ3v) is 6.22. The Balaban J connectivity index is 1.82. The molecule has 0 saturated heterocycles. The minimum absolute atomic E-state index is 0.495. The van der Waals surface area contributed by atoms with Gasteiger partial charge in [-0.1, -0.05) is 41.7 Å². The molecule has 0 amide bonds. The van der Waals surface area contributed by atoms with Gasteiger partial charge in [-0.25, -0.2) is 4.98 Å². The summed E-state index contributed by atoms with van der Waals surface area (Å²) in [4.78, 5) is 17.4. The van der Waals surface area contributed by atoms with Gasteiger partial charge in [-0.05, 0) is 30.7 Å². The number of carbonyl (C=O) groups excluding carboxylic acids is 1. The van der Waals surface area contributed by atoms with E-state index in [1.165, 1.54) is 22.7 Å². The fourth-order valence-electron chi connectivity index (χ4n) is 2.85. The Morgan fingerprint density at radius 2 is 1.88 bits per heavy atom. The highest BCUT2D eigenvalue weighted by Gasteiger charge is 2.17. The average Bonchev–Trinajstić information content (AvgIpc) is 3.15. The number of aldehydes is 1. The van der Waals surface area contributed by atoms with Crippen LogP contribution < -0.4 is 11.1 Å². The summed E-state index contributed by atoms with van der Waals surface area (Å²) in [5, 5.41) is 5.12. The van der Waals surface area contributed by atoms with Crippen LogP contribution in [0.2, 0.25) is 0 Å². The molecule has 2 heterocycles. The highest BCUT2D eigenvalue weighted by Crippen LogP contribution is 2.43. The summed E-state index contributed by atoms with van der Waals surface area (Å²) >= 11 is 3.02. The first-order valence-electron chi connectivity index (χ1n) is 7.73. The lowest BCUT2D eigenvalue weighted by atomic mass is 10.0. The molecule has 0 spiro atoms. The number of carbonyl (C=O) groups is 1. The van der Waals surface area contributed by atoms with Crippen LogP contribution in [-0.2, 0) is 0 Å². The summed E-state index contributed by atoms with van der Waals surface area (Å²) in [5.74, 6) is 0.495. The van der Waals surface area contributed by atoms with E-state index in [1.807, 2.05) is 55.5 Å². The minimum Gasteiger partial charge on any atom is -0.382 e. The Labute approximate surface area is 153 Å². The third kappa shape index (κ3) is 2.79. The number of benzene rings is 2. The van der Waals surface area contributed by atoms with Crippen LogP contribution >= 0.6 is 22.7 Å². The maximum absolute atomic E-state index is 11.3. The van der Waals surface area contributed by atoms with Crippen LogP contribution in [0.15, 0.2) is 48.5 Å². The Hall–Kier alpha value is -2.70. The van der Waals surface area contributed by atoms with Gasteiger partial charge in [-0.2, -0.15) is 0 Å². The molecule has 0 aliphatic rings. The molecule has 0 saturated carbocycles. The number of nitrogens with one attached hydrogen (secondary N) is 1. The van der Waals surface area contributed by atoms with Crippen molar-refractivity contribution in [2.45, 2.75) is 6.92 Å². The van der Waals surface area contributed by atoms with Crippen LogP contribution in [0.5, 0.6) is 0 Å². The number of hydrogen-bond acceptors (Lipinski definition) is 6. The summed E-state index contributed by atoms with van der Waals surface area (Å²) in [6, 6.07) is 15.9. The molecule has 2 aromatic heterocycles. The van der Waals surface area contributed by atoms with E-state index >= 15 is 0 Å². The van der Waals surface area contributed by atoms with Crippen molar-refractivity contribution in [2.75, 3.05) is 11.1 Å². The number of aromatic nitrogens is 1. The Morgan fingerprint density at radius 1 is 1.08 bits per heavy atom. The average molecular weight is 365 g/mol. The molecule has 0 bridgehead atoms. The smallest absolute Gasteiger partial charge is 0.189 e. The Bertz CT molecular complexity index is 1070. The lowest BCUT2D eigenvalue weighted by Crippen LogP contribution is -1.91. The van der Waals surface area contributed by atoms with Crippen molar-refractivity contribution in [1.29, 1.82) is 0 Å². The number of para-hydroxylation sites is 1. The molecule has 0 radical (unpaired) electrons. The zero-order valence-corrected chi connectivity index (χ0v) is 15.1. The molecule has 124 valence electrons. The second-order valence-electron chi connectivity index (χ2n) is 5.61. The van der Waals surface area contributed by atoms with Crippen molar-refractivity contribution >= 4 is 55.7 Å². The van der Waals surface area contributed by atoms with Gasteiger partial charge in [0.25, 0.3) is 0 Å². The van der Waals surface area contributed by atoms with Gasteiger partial charge in [-0.3, -0.25) is 4.79 Å². The van der Waals surface area contributed by atoms with Crippen LogP contribution in [0.1, 0.15) is 15.2 Å². The molecule has 6 heteroatoms. The van der Waals surface area contributed by atoms with Crippen molar-refractivity contribution in [2.24, 2.45) is 0 Å². The fourth-order valence-corrected chi connectivity index (χ4v) is 4.83. The zero-order chi connectivity index (χ0) is 17.4. The van der Waals surface area contributed by atoms with Crippen LogP contribution in [0.3, 0.4) is 0 Å². The molecule has 4 aromatic rings. The van der Waals surface area contributed by atoms with Gasteiger partial charge < -0.3 is 11.1 Å². The number of nitrogens with two attached hydrogens (primary N) is 1. The molecule has 4 rings (SSSR count). The van der Waals surface area contributed by atoms with E-state index in [1.54, 1.807) is 0 Å². The molecule has 0 aliphatic carbocycles. The van der Waals surface area contributed by atoms with E-state index in [9.17, 15) is 4.79 Å². The van der Waals surface area contributed by atoms with Gasteiger partial charge in [0.05, 0.1) is 9.75 Å². The molecule has 3 N–H and O–H groups in total. The first-order chi connectivity index (χ1) is 12.2. The van der Waals surface area contributed by atoms with Gasteiger partial charge in [0, 0.05) is 21.3 Å². The molecular weight excluding hydrogens is 350 g/mol. The summed E-state index contributed by atoms with van der Waals surface area (Å²) < 4.78 is 1.09. The number of anilines is 3. The quantitative estimate of drug-likeness (QED) is 0.470. The highest BCUT2D eigenvalue weighted by molar-refractivity contribution is 7.21. The second-order valence-corrected chi connectivity index (χ2v) is 7.70. The number of thiophene rings is 1. The zero-order valence-electron chi connectivity index (χ0n) is 13.4. The van der Waals surface area contributed by atoms with Crippen molar-refractivity contribution in [3.63, 3.8) is 0 Å². The number of thiazole rings is 1. The Morgan fingerprint density at radius 3 is 2.64 bits per heavy atom. The number of fused-ring (bicyclic) bond motifs is 1. The summed E-state index contributed by atoms with van der Waals surface area (Å²) in [5.41, 5.74) is 9.19. The lowest BCUT2D eigenvalue weighted by Gasteiger charge is -2.03. The van der Waals surface area contributed by atoms with E-state index in [-0.39, 0.29) is 0 Å². The number of nitrogens with zero attached hydrogens (tertiary/aromatic N) is 1. The molecule has 25 heavy (non-hydrogen) atoms. The van der Waals surface area contributed by atoms with Crippen molar-refractivity contribution in [1.82, 2.24) is 4.98 Å². The van der Waals surface area contributed by atoms with Gasteiger partial charge in [-0.15, -0.1) is 11.3 Å². The summed E-state index contributed by atoms with van der Waals surface area (Å²) in [6.07, 6.45) is 0.919. The lowest BCUT2D eigenvalue weighted by molar-refractivity contribution is 0.112. The summed E-state index contributed by atoms with van der Waals surface area (Å²) in [6.45, 7) is 1.98. The SMILES string of the molecule is Cc1c(C=O)sc2cccc(-c3sc(Nc4ccccc4)nc3N)c12. The number of hydrogen-bond donors (Lipinski definition) is 2. The van der Waals surface area contributed by atoms with Gasteiger partial charge >= 0.3 is 0 Å². The Kier molecular flexibility index (Phi) is 3.99. The van der Waals surface area contributed by atoms with E-state index < -0.39 is 0 Å². The van der Waals surface area contributed by atoms with E-state index in [0.717, 1.165) is 48.1 Å². The normalized spacial score (nSPS) is 10.9. The number of aryl methyl sites for hydroxylation is 1. The van der Waals surface area contributed by atoms with E-state index in [0.29, 0.717) is 5.82 Å². The van der Waals surface area contributed by atoms with E-state index in [4.69, 9.17) is 5.73 Å². The third-order valence-electron chi connectivity index (χ3n) is 4.02. The largest absolute Gasteiger partial charge is 0.382 e. The van der Waals surface area contributed by atoms with Crippen LogP contribution in [-0.4, -0.2) is 11.3 Å². The second kappa shape index (κ2) is 6.31. The predicted molar refractivity (Wildman–Crippen MR) is 107 cm³/mol. The van der Waals surface area contributed by atoms with E-state index in [2.05, 4.69) is 10.3 Å². The van der Waals surface area contributed by atoms with Gasteiger partial charge in [0.1, 0.15) is 5.82 Å². The first kappa shape index (κ1) is 15.8. The summed E-state index contributed by atoms with van der Waals surface area (Å²) in [7, 11) is 0. The van der Waals surface area contributed by atoms with Crippen LogP contribution in [0.4, 0.5) is 16.6 Å². The van der Waals surface area contributed by atoms with Crippen molar-refractivity contribution in [3.8, 4) is 10.4 Å². The van der Waals surface area contributed by atoms with Crippen molar-refractivity contribution < 1.29 is 4.79 Å². The molecule has 2 aromatic carbocycles. The number of nitrogen functional groups attached to an aromatic ring is 1. The maximum Gasteiger partial charge on any atom is 0.189 e. The monoisotopic (exact) mass is 365 g/mol. The van der Waals surface area contributed by atoms with Gasteiger partial charge in [0.2, 0.25) is 0 Å². The highest BCUT2D eigenvalue weighted by atomic mass is 32.1. The topological polar surface area (TPSA) is 68.0 Å². The fraction of sp³-hybridized carbons (Fsp3) is 0.0526. The van der Waals surface area contributed by atoms with Gasteiger partial charge in [0.15, 0.2) is 11.4 Å². The molecule has 0 atom stereocenters. The molecule has 0 fully saturated rings. The van der Waals surface area contributed by atoms with Crippen LogP contribution in [0.25, 0.3) is 20.5 Å².